The third-order valence-electron chi connectivity index (χ3n) is 5.07. The monoisotopic (exact) mass is 310 g/mol. The molecule has 1 aromatic carbocycles. The minimum absolute atomic E-state index is 0.0300. The molecule has 1 aliphatic rings. The first kappa shape index (κ1) is 16.3. The van der Waals surface area contributed by atoms with Crippen LogP contribution in [-0.2, 0) is 24.7 Å². The molecule has 0 fully saturated rings. The number of imidazole rings is 1. The van der Waals surface area contributed by atoms with Crippen molar-refractivity contribution < 1.29 is 0 Å². The summed E-state index contributed by atoms with van der Waals surface area (Å²) in [7, 11) is 0. The van der Waals surface area contributed by atoms with Crippen molar-refractivity contribution in [2.45, 2.75) is 72.1 Å². The molecule has 3 rings (SSSR count). The minimum Gasteiger partial charge on any atom is -0.345 e. The molecule has 0 saturated carbocycles. The van der Waals surface area contributed by atoms with Crippen molar-refractivity contribution in [1.82, 2.24) is 9.97 Å². The number of benzene rings is 1. The number of aryl methyl sites for hydroxylation is 2. The number of hydrogen-bond donors (Lipinski definition) is 1. The Balaban J connectivity index is 2.09. The molecule has 1 aliphatic carbocycles. The first-order valence-corrected chi connectivity index (χ1v) is 9.00. The van der Waals surface area contributed by atoms with Crippen LogP contribution in [0.1, 0.15) is 81.4 Å². The Morgan fingerprint density at radius 1 is 1.13 bits per heavy atom. The predicted molar refractivity (Wildman–Crippen MR) is 97.2 cm³/mol. The summed E-state index contributed by atoms with van der Waals surface area (Å²) >= 11 is 0. The normalized spacial score (nSPS) is 16.3. The number of hydrogen-bond acceptors (Lipinski definition) is 1. The molecule has 0 spiro atoms. The van der Waals surface area contributed by atoms with Crippen LogP contribution in [0.3, 0.4) is 0 Å². The summed E-state index contributed by atoms with van der Waals surface area (Å²) in [5.74, 6) is 2.27. The van der Waals surface area contributed by atoms with Gasteiger partial charge in [-0.3, -0.25) is 0 Å². The van der Waals surface area contributed by atoms with Gasteiger partial charge in [-0.15, -0.1) is 0 Å². The molecular weight excluding hydrogens is 280 g/mol. The van der Waals surface area contributed by atoms with E-state index < -0.39 is 0 Å². The predicted octanol–water partition coefficient (Wildman–Crippen LogP) is 5.16. The minimum atomic E-state index is -0.0300. The van der Waals surface area contributed by atoms with Gasteiger partial charge in [0.1, 0.15) is 5.82 Å². The molecule has 0 amide bonds. The third-order valence-corrected chi connectivity index (χ3v) is 5.07. The van der Waals surface area contributed by atoms with Crippen LogP contribution in [0.2, 0.25) is 0 Å². The second-order valence-corrected chi connectivity index (χ2v) is 8.32. The number of rotatable bonds is 3. The van der Waals surface area contributed by atoms with E-state index in [4.69, 9.17) is 4.98 Å². The zero-order chi connectivity index (χ0) is 16.8. The van der Waals surface area contributed by atoms with Crippen LogP contribution in [0.4, 0.5) is 0 Å². The second kappa shape index (κ2) is 5.81. The van der Waals surface area contributed by atoms with Crippen molar-refractivity contribution in [3.8, 4) is 0 Å². The lowest BCUT2D eigenvalue weighted by Gasteiger charge is -2.26. The lowest BCUT2D eigenvalue weighted by molar-refractivity contribution is 0.606. The first-order valence-electron chi connectivity index (χ1n) is 9.00. The molecular formula is C21H30N2. The molecule has 1 heterocycles. The van der Waals surface area contributed by atoms with E-state index in [-0.39, 0.29) is 5.41 Å². The van der Waals surface area contributed by atoms with Crippen LogP contribution in [0, 0.1) is 5.92 Å². The molecule has 1 aromatic heterocycles. The summed E-state index contributed by atoms with van der Waals surface area (Å²) in [5, 5.41) is 0. The van der Waals surface area contributed by atoms with Gasteiger partial charge in [0.15, 0.2) is 0 Å². The maximum absolute atomic E-state index is 5.00. The van der Waals surface area contributed by atoms with Gasteiger partial charge in [0, 0.05) is 17.0 Å². The number of nitrogens with one attached hydrogen (secondary N) is 1. The molecule has 0 bridgehead atoms. The van der Waals surface area contributed by atoms with Gasteiger partial charge in [-0.2, -0.15) is 0 Å². The third kappa shape index (κ3) is 2.96. The van der Waals surface area contributed by atoms with Crippen LogP contribution in [0.25, 0.3) is 0 Å². The summed E-state index contributed by atoms with van der Waals surface area (Å²) in [5.41, 5.74) is 6.96. The van der Waals surface area contributed by atoms with E-state index in [0.29, 0.717) is 11.8 Å². The highest BCUT2D eigenvalue weighted by Crippen LogP contribution is 2.39. The Hall–Kier alpha value is -1.57. The summed E-state index contributed by atoms with van der Waals surface area (Å²) in [6.45, 7) is 13.7. The fourth-order valence-corrected chi connectivity index (χ4v) is 3.81. The van der Waals surface area contributed by atoms with E-state index in [9.17, 15) is 0 Å². The zero-order valence-corrected chi connectivity index (χ0v) is 15.5. The molecule has 0 aliphatic heterocycles. The standard InChI is InChI=1S/C21H30N2/c1-13(2)11-15-7-8-16-9-10-18-19(21(5,6)17(16)12-15)23-20(22-18)14(3)4/h7-8,12-14H,9-11H2,1-6H3,(H,22,23). The molecule has 23 heavy (non-hydrogen) atoms. The van der Waals surface area contributed by atoms with Gasteiger partial charge in [-0.1, -0.05) is 59.7 Å². The van der Waals surface area contributed by atoms with E-state index in [0.717, 1.165) is 25.1 Å². The van der Waals surface area contributed by atoms with Crippen LogP contribution < -0.4 is 0 Å². The number of aromatic amines is 1. The van der Waals surface area contributed by atoms with Gasteiger partial charge in [-0.25, -0.2) is 4.98 Å². The Kier molecular flexibility index (Phi) is 4.12. The van der Waals surface area contributed by atoms with Gasteiger partial charge < -0.3 is 4.98 Å². The van der Waals surface area contributed by atoms with Crippen molar-refractivity contribution >= 4 is 0 Å². The average Bonchev–Trinajstić information content (AvgIpc) is 2.86. The highest BCUT2D eigenvalue weighted by Gasteiger charge is 2.34. The fourth-order valence-electron chi connectivity index (χ4n) is 3.81. The SMILES string of the molecule is CC(C)Cc1ccc2c(c1)C(C)(C)c1nc(C(C)C)[nH]c1CC2. The molecule has 2 nitrogen and oxygen atoms in total. The molecule has 2 aromatic rings. The highest BCUT2D eigenvalue weighted by atomic mass is 15.0. The molecule has 124 valence electrons. The Bertz CT molecular complexity index is 705. The Morgan fingerprint density at radius 2 is 1.87 bits per heavy atom. The summed E-state index contributed by atoms with van der Waals surface area (Å²) < 4.78 is 0. The van der Waals surface area contributed by atoms with Crippen LogP contribution in [0.15, 0.2) is 18.2 Å². The largest absolute Gasteiger partial charge is 0.345 e. The molecule has 0 radical (unpaired) electrons. The van der Waals surface area contributed by atoms with Gasteiger partial charge in [-0.05, 0) is 41.9 Å². The van der Waals surface area contributed by atoms with Crippen LogP contribution in [0.5, 0.6) is 0 Å². The van der Waals surface area contributed by atoms with Crippen molar-refractivity contribution in [1.29, 1.82) is 0 Å². The van der Waals surface area contributed by atoms with Crippen LogP contribution in [-0.4, -0.2) is 9.97 Å². The number of nitrogens with zero attached hydrogens (tertiary/aromatic N) is 1. The average molecular weight is 310 g/mol. The van der Waals surface area contributed by atoms with Crippen molar-refractivity contribution in [2.75, 3.05) is 0 Å². The number of H-pyrrole nitrogens is 1. The maximum atomic E-state index is 5.00. The highest BCUT2D eigenvalue weighted by molar-refractivity contribution is 5.46. The topological polar surface area (TPSA) is 28.7 Å². The van der Waals surface area contributed by atoms with Gasteiger partial charge in [0.25, 0.3) is 0 Å². The molecule has 1 N–H and O–H groups in total. The van der Waals surface area contributed by atoms with E-state index in [1.165, 1.54) is 28.1 Å². The van der Waals surface area contributed by atoms with Crippen molar-refractivity contribution in [3.63, 3.8) is 0 Å². The maximum Gasteiger partial charge on any atom is 0.109 e. The van der Waals surface area contributed by atoms with E-state index in [1.807, 2.05) is 0 Å². The lowest BCUT2D eigenvalue weighted by Crippen LogP contribution is -2.21. The van der Waals surface area contributed by atoms with Gasteiger partial charge in [0.05, 0.1) is 5.69 Å². The summed E-state index contributed by atoms with van der Waals surface area (Å²) in [6, 6.07) is 7.11. The Labute approximate surface area is 140 Å². The first-order chi connectivity index (χ1) is 10.8. The smallest absolute Gasteiger partial charge is 0.109 e. The fraction of sp³-hybridized carbons (Fsp3) is 0.571. The van der Waals surface area contributed by atoms with E-state index >= 15 is 0 Å². The van der Waals surface area contributed by atoms with Crippen LogP contribution >= 0.6 is 0 Å². The number of fused-ring (bicyclic) bond motifs is 2. The molecule has 0 atom stereocenters. The van der Waals surface area contributed by atoms with E-state index in [2.05, 4.69) is 64.7 Å². The van der Waals surface area contributed by atoms with Gasteiger partial charge >= 0.3 is 0 Å². The Morgan fingerprint density at radius 3 is 2.52 bits per heavy atom. The summed E-state index contributed by atoms with van der Waals surface area (Å²) in [4.78, 5) is 8.60. The van der Waals surface area contributed by atoms with E-state index in [1.54, 1.807) is 0 Å². The van der Waals surface area contributed by atoms with Crippen molar-refractivity contribution in [3.05, 3.63) is 52.1 Å². The molecule has 2 heteroatoms. The second-order valence-electron chi connectivity index (χ2n) is 8.32. The molecule has 0 unspecified atom stereocenters. The summed E-state index contributed by atoms with van der Waals surface area (Å²) in [6.07, 6.45) is 3.32. The van der Waals surface area contributed by atoms with Crippen molar-refractivity contribution in [2.24, 2.45) is 5.92 Å². The quantitative estimate of drug-likeness (QED) is 0.834. The number of aromatic nitrogens is 2. The zero-order valence-electron chi connectivity index (χ0n) is 15.5. The molecule has 0 saturated heterocycles. The van der Waals surface area contributed by atoms with Gasteiger partial charge in [0.2, 0.25) is 0 Å². The lowest BCUT2D eigenvalue weighted by atomic mass is 9.78.